The zero-order valence-electron chi connectivity index (χ0n) is 27.1. The van der Waals surface area contributed by atoms with Gasteiger partial charge in [0.25, 0.3) is 5.56 Å². The normalized spacial score (nSPS) is 12.2. The minimum atomic E-state index is -5.46. The summed E-state index contributed by atoms with van der Waals surface area (Å²) in [6.07, 6.45) is 0. The van der Waals surface area contributed by atoms with E-state index in [0.29, 0.717) is 6.07 Å². The Kier molecular flexibility index (Phi) is 12.9. The van der Waals surface area contributed by atoms with Crippen LogP contribution >= 0.6 is 0 Å². The number of nitrogen functional groups attached to an aromatic ring is 1. The quantitative estimate of drug-likeness (QED) is 0.0661. The van der Waals surface area contributed by atoms with Crippen molar-refractivity contribution >= 4 is 69.9 Å². The van der Waals surface area contributed by atoms with Gasteiger partial charge in [-0.3, -0.25) is 14.4 Å². The second-order valence-corrected chi connectivity index (χ2v) is 14.7. The van der Waals surface area contributed by atoms with Gasteiger partial charge in [-0.05, 0) is 42.0 Å². The Morgan fingerprint density at radius 3 is 1.90 bits per heavy atom. The van der Waals surface area contributed by atoms with Gasteiger partial charge in [0.1, 0.15) is 30.4 Å². The molecule has 0 aliphatic heterocycles. The number of hydrogen-bond acceptors (Lipinski definition) is 14. The fourth-order valence-electron chi connectivity index (χ4n) is 5.67. The van der Waals surface area contributed by atoms with Gasteiger partial charge in [0, 0.05) is 29.1 Å². The van der Waals surface area contributed by atoms with Crippen LogP contribution in [0.1, 0.15) is 31.8 Å². The first-order chi connectivity index (χ1) is 22.3. The zero-order valence-corrected chi connectivity index (χ0v) is 35.5. The van der Waals surface area contributed by atoms with E-state index in [-0.39, 0.29) is 133 Å². The van der Waals surface area contributed by atoms with E-state index in [4.69, 9.17) is 5.73 Å². The molecule has 1 aromatic heterocycles. The third-order valence-corrected chi connectivity index (χ3v) is 10.4. The molecule has 5 aromatic rings. The monoisotopic (exact) mass is 777 g/mol. The number of nitrogens with one attached hydrogen (secondary N) is 1. The second kappa shape index (κ2) is 15.2. The molecule has 3 N–H and O–H groups in total. The van der Waals surface area contributed by atoms with Gasteiger partial charge < -0.3 is 29.3 Å². The van der Waals surface area contributed by atoms with Crippen molar-refractivity contribution in [3.63, 3.8) is 0 Å². The maximum atomic E-state index is 14.1. The minimum absolute atomic E-state index is 0. The van der Waals surface area contributed by atoms with Crippen molar-refractivity contribution < 1.29 is 137 Å². The first-order valence-electron chi connectivity index (χ1n) is 13.4. The second-order valence-electron chi connectivity index (χ2n) is 10.6. The van der Waals surface area contributed by atoms with Gasteiger partial charge >= 0.3 is 88.7 Å². The average molecular weight is 778 g/mol. The van der Waals surface area contributed by atoms with Gasteiger partial charge in [-0.15, -0.1) is 0 Å². The molecule has 6 rings (SSSR count). The van der Waals surface area contributed by atoms with Gasteiger partial charge in [0.05, 0.1) is 48.4 Å². The summed E-state index contributed by atoms with van der Waals surface area (Å²) in [6.45, 7) is 0. The molecular weight excluding hydrogens is 760 g/mol. The minimum Gasteiger partial charge on any atom is -0.744 e. The maximum Gasteiger partial charge on any atom is 1.00 e. The first kappa shape index (κ1) is 43.2. The molecule has 51 heavy (non-hydrogen) atoms. The van der Waals surface area contributed by atoms with Crippen LogP contribution in [0.25, 0.3) is 22.0 Å². The predicted molar refractivity (Wildman–Crippen MR) is 166 cm³/mol. The topological polar surface area (TPSA) is 266 Å². The molecule has 1 aliphatic carbocycles. The van der Waals surface area contributed by atoms with E-state index in [9.17, 15) is 53.3 Å². The van der Waals surface area contributed by atoms with E-state index in [1.807, 2.05) is 0 Å². The van der Waals surface area contributed by atoms with Gasteiger partial charge in [-0.25, -0.2) is 25.3 Å². The number of carbonyl (C=O) groups is 2. The van der Waals surface area contributed by atoms with Crippen molar-refractivity contribution in [2.75, 3.05) is 11.1 Å². The van der Waals surface area contributed by atoms with E-state index in [1.165, 1.54) is 43.4 Å². The predicted octanol–water partition coefficient (Wildman–Crippen LogP) is -6.97. The molecule has 246 valence electrons. The van der Waals surface area contributed by atoms with Crippen molar-refractivity contribution in [3.05, 3.63) is 105 Å². The van der Waals surface area contributed by atoms with Gasteiger partial charge in [0.2, 0.25) is 0 Å². The molecule has 0 amide bonds. The van der Waals surface area contributed by atoms with Crippen LogP contribution in [0, 0.1) is 0 Å². The third-order valence-electron chi connectivity index (χ3n) is 7.76. The Hall–Kier alpha value is -2.24. The molecule has 4 aromatic carbocycles. The van der Waals surface area contributed by atoms with Crippen molar-refractivity contribution in [1.82, 2.24) is 4.57 Å². The standard InChI is InChI=1S/C30H21N3O12S3.3Na/c1-33-21-10-9-19(32-20-12-18(31)22(47(40,41)42)13-23(20)48(43,44)45)25-26(21)24(16-7-2-3-8-17(16)29(25)35)27(30(33)36)28(34)14-5-4-6-15(11-14)46(37,38)39;;;/h2-13,32H,31H2,1H3,(H,37,38,39)(H,40,41,42)(H,43,44,45);;;/q;3*+1/p-3. The van der Waals surface area contributed by atoms with Crippen molar-refractivity contribution in [2.45, 2.75) is 14.7 Å². The van der Waals surface area contributed by atoms with Crippen LogP contribution in [-0.4, -0.2) is 55.0 Å². The van der Waals surface area contributed by atoms with Crippen molar-refractivity contribution in [1.29, 1.82) is 0 Å². The van der Waals surface area contributed by atoms with Gasteiger partial charge in [-0.2, -0.15) is 0 Å². The molecule has 1 heterocycles. The van der Waals surface area contributed by atoms with Gasteiger partial charge in [0.15, 0.2) is 11.6 Å². The molecule has 0 unspecified atom stereocenters. The number of anilines is 3. The fourth-order valence-corrected chi connectivity index (χ4v) is 7.51. The number of aryl methyl sites for hydroxylation is 1. The van der Waals surface area contributed by atoms with Crippen molar-refractivity contribution in [3.8, 4) is 11.1 Å². The van der Waals surface area contributed by atoms with Crippen LogP contribution in [-0.2, 0) is 37.4 Å². The number of pyridine rings is 1. The average Bonchev–Trinajstić information content (AvgIpc) is 3.00. The summed E-state index contributed by atoms with van der Waals surface area (Å²) in [5.41, 5.74) is 2.68. The number of fused-ring (bicyclic) bond motifs is 2. The fraction of sp³-hybridized carbons (Fsp3) is 0.0333. The Bertz CT molecular complexity index is 2720. The molecule has 21 heteroatoms. The van der Waals surface area contributed by atoms with E-state index in [0.717, 1.165) is 28.8 Å². The molecule has 0 saturated heterocycles. The number of rotatable bonds is 7. The summed E-state index contributed by atoms with van der Waals surface area (Å²) in [5.74, 6) is -1.64. The number of benzene rings is 4. The molecule has 0 saturated carbocycles. The largest absolute Gasteiger partial charge is 1.00 e. The Balaban J connectivity index is 0.00000234. The molecule has 0 radical (unpaired) electrons. The van der Waals surface area contributed by atoms with E-state index >= 15 is 0 Å². The van der Waals surface area contributed by atoms with Crippen LogP contribution in [0.2, 0.25) is 0 Å². The van der Waals surface area contributed by atoms with E-state index in [1.54, 1.807) is 6.07 Å². The molecule has 0 bridgehead atoms. The Morgan fingerprint density at radius 1 is 0.706 bits per heavy atom. The summed E-state index contributed by atoms with van der Waals surface area (Å²) < 4.78 is 108. The van der Waals surface area contributed by atoms with Crippen LogP contribution in [0.5, 0.6) is 0 Å². The smallest absolute Gasteiger partial charge is 0.744 e. The zero-order chi connectivity index (χ0) is 35.1. The Morgan fingerprint density at radius 2 is 1.31 bits per heavy atom. The van der Waals surface area contributed by atoms with E-state index < -0.39 is 79.1 Å². The molecule has 0 atom stereocenters. The first-order valence-corrected chi connectivity index (χ1v) is 17.6. The number of nitrogens with zero attached hydrogens (tertiary/aromatic N) is 1. The van der Waals surface area contributed by atoms with Crippen LogP contribution in [0.15, 0.2) is 92.3 Å². The molecular formula is C30H18N3Na3O12S3. The summed E-state index contributed by atoms with van der Waals surface area (Å²) >= 11 is 0. The third kappa shape index (κ3) is 7.73. The molecule has 0 fully saturated rings. The number of carbonyl (C=O) groups excluding carboxylic acids is 2. The molecule has 1 aliphatic rings. The van der Waals surface area contributed by atoms with Crippen LogP contribution in [0.4, 0.5) is 17.1 Å². The van der Waals surface area contributed by atoms with E-state index in [2.05, 4.69) is 5.32 Å². The molecule has 0 spiro atoms. The van der Waals surface area contributed by atoms with Crippen LogP contribution < -0.4 is 105 Å². The summed E-state index contributed by atoms with van der Waals surface area (Å²) in [7, 11) is -14.5. The Labute approximate surface area is 356 Å². The maximum absolute atomic E-state index is 14.1. The number of aromatic nitrogens is 1. The summed E-state index contributed by atoms with van der Waals surface area (Å²) in [5, 5.41) is 2.65. The summed E-state index contributed by atoms with van der Waals surface area (Å²) in [4.78, 5) is 38.9. The number of ketones is 2. The molecule has 15 nitrogen and oxygen atoms in total. The summed E-state index contributed by atoms with van der Waals surface area (Å²) in [6, 6.07) is 13.7. The number of nitrogens with two attached hydrogens (primary N) is 1. The SMILES string of the molecule is Cn1c(=O)c(C(=O)c2cccc(S(=O)(=O)[O-])c2)c2c3c(c(Nc4cc(N)c(S(=O)(=O)[O-])cc4S(=O)(=O)[O-])ccc31)C(=O)c1ccccc1-2.[Na+].[Na+].[Na+]. The van der Waals surface area contributed by atoms with Crippen LogP contribution in [0.3, 0.4) is 0 Å². The van der Waals surface area contributed by atoms with Crippen molar-refractivity contribution in [2.24, 2.45) is 7.05 Å². The number of hydrogen-bond donors (Lipinski definition) is 2. The van der Waals surface area contributed by atoms with Gasteiger partial charge in [-0.1, -0.05) is 36.4 Å².